The monoisotopic (exact) mass is 279 g/mol. The van der Waals surface area contributed by atoms with E-state index in [1.54, 1.807) is 4.68 Å². The highest BCUT2D eigenvalue weighted by Gasteiger charge is 2.21. The second kappa shape index (κ2) is 4.95. The molecule has 0 saturated carbocycles. The maximum atomic E-state index is 11.7. The third-order valence-corrected chi connectivity index (χ3v) is 3.56. The van der Waals surface area contributed by atoms with E-state index >= 15 is 0 Å². The first-order valence-corrected chi connectivity index (χ1v) is 6.22. The molecule has 8 heteroatoms. The summed E-state index contributed by atoms with van der Waals surface area (Å²) in [6.07, 6.45) is 0. The van der Waals surface area contributed by atoms with Gasteiger partial charge in [-0.05, 0) is 33.3 Å². The first kappa shape index (κ1) is 14.0. The number of nitrogens with one attached hydrogen (secondary N) is 1. The molecule has 8 nitrogen and oxygen atoms in total. The van der Waals surface area contributed by atoms with Crippen LogP contribution in [0.5, 0.6) is 0 Å². The smallest absolute Gasteiger partial charge is 0.344 e. The molecule has 0 aliphatic carbocycles. The van der Waals surface area contributed by atoms with Gasteiger partial charge in [0.15, 0.2) is 5.82 Å². The Balaban J connectivity index is 2.42. The van der Waals surface area contributed by atoms with E-state index < -0.39 is 17.7 Å². The predicted octanol–water partition coefficient (Wildman–Crippen LogP) is 0.387. The van der Waals surface area contributed by atoms with E-state index in [0.29, 0.717) is 5.82 Å². The Morgan fingerprint density at radius 2 is 2.05 bits per heavy atom. The van der Waals surface area contributed by atoms with E-state index in [1.165, 1.54) is 6.92 Å². The molecular weight excluding hydrogens is 262 g/mol. The van der Waals surface area contributed by atoms with Gasteiger partial charge in [0.05, 0.1) is 5.69 Å². The van der Waals surface area contributed by atoms with Crippen LogP contribution in [0.4, 0.5) is 0 Å². The van der Waals surface area contributed by atoms with Crippen LogP contribution in [0.3, 0.4) is 0 Å². The summed E-state index contributed by atoms with van der Waals surface area (Å²) in [6.45, 7) is 7.47. The number of nitrogens with zero attached hydrogens (tertiary/aromatic N) is 4. The second-order valence-corrected chi connectivity index (χ2v) is 4.78. The molecule has 0 aliphatic rings. The molecule has 2 aromatic rings. The van der Waals surface area contributed by atoms with Crippen LogP contribution >= 0.6 is 0 Å². The van der Waals surface area contributed by atoms with Crippen LogP contribution in [0.2, 0.25) is 0 Å². The van der Waals surface area contributed by atoms with Crippen LogP contribution in [-0.4, -0.2) is 35.6 Å². The Bertz CT molecular complexity index is 709. The van der Waals surface area contributed by atoms with Crippen molar-refractivity contribution in [1.82, 2.24) is 24.5 Å². The first-order chi connectivity index (χ1) is 9.32. The molecule has 2 N–H and O–H groups in total. The van der Waals surface area contributed by atoms with Crippen molar-refractivity contribution in [2.45, 2.75) is 40.3 Å². The van der Waals surface area contributed by atoms with Gasteiger partial charge >= 0.3 is 11.7 Å². The highest BCUT2D eigenvalue weighted by molar-refractivity contribution is 5.71. The van der Waals surface area contributed by atoms with E-state index in [1.807, 2.05) is 20.8 Å². The number of hydrogen-bond acceptors (Lipinski definition) is 4. The fourth-order valence-electron chi connectivity index (χ4n) is 2.03. The molecule has 0 bridgehead atoms. The molecule has 1 atom stereocenters. The Labute approximate surface area is 115 Å². The largest absolute Gasteiger partial charge is 0.480 e. The first-order valence-electron chi connectivity index (χ1n) is 6.22. The minimum absolute atomic E-state index is 0.247. The zero-order valence-corrected chi connectivity index (χ0v) is 11.8. The Hall–Kier alpha value is -2.38. The van der Waals surface area contributed by atoms with Gasteiger partial charge in [0.25, 0.3) is 0 Å². The van der Waals surface area contributed by atoms with Crippen molar-refractivity contribution in [3.63, 3.8) is 0 Å². The molecule has 0 saturated heterocycles. The third-order valence-electron chi connectivity index (χ3n) is 3.56. The summed E-state index contributed by atoms with van der Waals surface area (Å²) >= 11 is 0. The van der Waals surface area contributed by atoms with Crippen molar-refractivity contribution in [3.05, 3.63) is 33.3 Å². The summed E-state index contributed by atoms with van der Waals surface area (Å²) in [5.41, 5.74) is 2.40. The normalized spacial score (nSPS) is 12.6. The standard InChI is InChI=1S/C12H17N5O3/c1-6-7(2)15-16(8(6)3)5-10-13-14-12(20)17(10)9(4)11(18)19/h9H,5H2,1-4H3,(H,14,20)(H,18,19)/t9-/m0/s1. The van der Waals surface area contributed by atoms with Crippen molar-refractivity contribution < 1.29 is 9.90 Å². The van der Waals surface area contributed by atoms with Gasteiger partial charge in [-0.3, -0.25) is 9.25 Å². The fraction of sp³-hybridized carbons (Fsp3) is 0.500. The van der Waals surface area contributed by atoms with Gasteiger partial charge in [-0.15, -0.1) is 0 Å². The Morgan fingerprint density at radius 3 is 2.55 bits per heavy atom. The van der Waals surface area contributed by atoms with Crippen LogP contribution < -0.4 is 5.69 Å². The highest BCUT2D eigenvalue weighted by atomic mass is 16.4. The van der Waals surface area contributed by atoms with Gasteiger partial charge in [0, 0.05) is 5.69 Å². The molecule has 20 heavy (non-hydrogen) atoms. The highest BCUT2D eigenvalue weighted by Crippen LogP contribution is 2.13. The van der Waals surface area contributed by atoms with Crippen LogP contribution in [0.25, 0.3) is 0 Å². The van der Waals surface area contributed by atoms with Crippen LogP contribution in [0.15, 0.2) is 4.79 Å². The lowest BCUT2D eigenvalue weighted by atomic mass is 10.2. The lowest BCUT2D eigenvalue weighted by molar-refractivity contribution is -0.140. The number of hydrogen-bond donors (Lipinski definition) is 2. The number of carbonyl (C=O) groups is 1. The summed E-state index contributed by atoms with van der Waals surface area (Å²) < 4.78 is 2.85. The maximum Gasteiger partial charge on any atom is 0.344 e. The predicted molar refractivity (Wildman–Crippen MR) is 70.7 cm³/mol. The van der Waals surface area contributed by atoms with Crippen molar-refractivity contribution in [1.29, 1.82) is 0 Å². The summed E-state index contributed by atoms with van der Waals surface area (Å²) in [7, 11) is 0. The Morgan fingerprint density at radius 1 is 1.40 bits per heavy atom. The van der Waals surface area contributed by atoms with Crippen molar-refractivity contribution in [3.8, 4) is 0 Å². The number of H-pyrrole nitrogens is 1. The molecule has 0 unspecified atom stereocenters. The lowest BCUT2D eigenvalue weighted by Gasteiger charge is -2.10. The van der Waals surface area contributed by atoms with E-state index in [0.717, 1.165) is 21.5 Å². The van der Waals surface area contributed by atoms with E-state index in [9.17, 15) is 9.59 Å². The molecule has 2 heterocycles. The lowest BCUT2D eigenvalue weighted by Crippen LogP contribution is -2.28. The number of carboxylic acids is 1. The van der Waals surface area contributed by atoms with Gasteiger partial charge < -0.3 is 5.11 Å². The van der Waals surface area contributed by atoms with Crippen molar-refractivity contribution in [2.24, 2.45) is 0 Å². The van der Waals surface area contributed by atoms with E-state index in [2.05, 4.69) is 15.3 Å². The average Bonchev–Trinajstić information content (AvgIpc) is 2.85. The third kappa shape index (κ3) is 2.24. The number of rotatable bonds is 4. The molecule has 2 aromatic heterocycles. The number of carboxylic acid groups (broad SMARTS) is 1. The van der Waals surface area contributed by atoms with Crippen molar-refractivity contribution >= 4 is 5.97 Å². The van der Waals surface area contributed by atoms with Gasteiger partial charge in [-0.2, -0.15) is 10.2 Å². The molecule has 0 aromatic carbocycles. The summed E-state index contributed by atoms with van der Waals surface area (Å²) in [5.74, 6) is -0.741. The molecule has 0 spiro atoms. The molecule has 2 rings (SSSR count). The van der Waals surface area contributed by atoms with Crippen LogP contribution in [-0.2, 0) is 11.3 Å². The minimum atomic E-state index is -1.08. The summed E-state index contributed by atoms with van der Waals surface area (Å²) in [4.78, 5) is 22.7. The topological polar surface area (TPSA) is 106 Å². The molecule has 0 amide bonds. The summed E-state index contributed by atoms with van der Waals surface area (Å²) in [6, 6.07) is -0.977. The van der Waals surface area contributed by atoms with E-state index in [-0.39, 0.29) is 6.54 Å². The number of aromatic amines is 1. The molecule has 0 aliphatic heterocycles. The van der Waals surface area contributed by atoms with E-state index in [4.69, 9.17) is 5.11 Å². The number of aryl methyl sites for hydroxylation is 1. The molecule has 0 radical (unpaired) electrons. The zero-order valence-electron chi connectivity index (χ0n) is 11.8. The summed E-state index contributed by atoms with van der Waals surface area (Å²) in [5, 5.41) is 19.6. The quantitative estimate of drug-likeness (QED) is 0.842. The van der Waals surface area contributed by atoms with Gasteiger partial charge in [0.1, 0.15) is 12.6 Å². The second-order valence-electron chi connectivity index (χ2n) is 4.78. The zero-order chi connectivity index (χ0) is 15.0. The fourth-order valence-corrected chi connectivity index (χ4v) is 2.03. The van der Waals surface area contributed by atoms with Crippen LogP contribution in [0, 0.1) is 20.8 Å². The Kier molecular flexibility index (Phi) is 3.47. The minimum Gasteiger partial charge on any atom is -0.480 e. The van der Waals surface area contributed by atoms with Gasteiger partial charge in [-0.1, -0.05) is 0 Å². The molecular formula is C12H17N5O3. The number of aliphatic carboxylic acids is 1. The van der Waals surface area contributed by atoms with Gasteiger partial charge in [0.2, 0.25) is 0 Å². The molecule has 108 valence electrons. The van der Waals surface area contributed by atoms with Crippen LogP contribution in [0.1, 0.15) is 35.7 Å². The molecule has 0 fully saturated rings. The average molecular weight is 279 g/mol. The maximum absolute atomic E-state index is 11.7. The number of aromatic nitrogens is 5. The SMILES string of the molecule is Cc1nn(Cc2n[nH]c(=O)n2[C@@H](C)C(=O)O)c(C)c1C. The van der Waals surface area contributed by atoms with Gasteiger partial charge in [-0.25, -0.2) is 14.7 Å². The van der Waals surface area contributed by atoms with Crippen molar-refractivity contribution in [2.75, 3.05) is 0 Å².